The van der Waals surface area contributed by atoms with Crippen LogP contribution in [0.3, 0.4) is 0 Å². The second-order valence-corrected chi connectivity index (χ2v) is 6.03. The molecule has 0 spiro atoms. The lowest BCUT2D eigenvalue weighted by Crippen LogP contribution is -2.57. The molecule has 0 radical (unpaired) electrons. The number of aliphatic hydroxyl groups excluding tert-OH is 1. The maximum atomic E-state index is 12.1. The summed E-state index contributed by atoms with van der Waals surface area (Å²) in [5.41, 5.74) is 10.5. The van der Waals surface area contributed by atoms with Gasteiger partial charge in [-0.25, -0.2) is 4.79 Å². The highest BCUT2D eigenvalue weighted by Crippen LogP contribution is 1.97. The predicted octanol–water partition coefficient (Wildman–Crippen LogP) is -3.94. The summed E-state index contributed by atoms with van der Waals surface area (Å²) < 4.78 is 0. The van der Waals surface area contributed by atoms with Crippen molar-refractivity contribution in [1.82, 2.24) is 16.0 Å². The van der Waals surface area contributed by atoms with E-state index in [1.807, 2.05) is 0 Å². The van der Waals surface area contributed by atoms with Gasteiger partial charge in [-0.3, -0.25) is 19.2 Å². The first-order chi connectivity index (χ1) is 12.5. The van der Waals surface area contributed by atoms with E-state index in [-0.39, 0.29) is 18.6 Å². The second-order valence-electron chi connectivity index (χ2n) is 5.67. The van der Waals surface area contributed by atoms with E-state index < -0.39 is 60.4 Å². The number of rotatable bonds is 12. The summed E-state index contributed by atoms with van der Waals surface area (Å²) in [6, 6.07) is -4.90. The average molecular weight is 407 g/mol. The maximum absolute atomic E-state index is 12.1. The molecule has 0 aromatic carbocycles. The summed E-state index contributed by atoms with van der Waals surface area (Å²) in [5.74, 6) is -4.54. The molecular weight excluding hydrogens is 382 g/mol. The van der Waals surface area contributed by atoms with Crippen LogP contribution < -0.4 is 27.4 Å². The summed E-state index contributed by atoms with van der Waals surface area (Å²) in [4.78, 5) is 57.4. The standard InChI is InChI=1S/C14H25N5O7S/c1-6(11(22)19-9(5-27)14(25)26)17-13(24)8(4-20)18-12(23)7(15)2-3-10(16)21/h6-9,20,27H,2-5,15H2,1H3,(H2,16,21)(H,17,24)(H,18,23)(H,19,22)(H,25,26). The number of nitrogens with one attached hydrogen (secondary N) is 3. The molecule has 0 heterocycles. The molecule has 0 aliphatic heterocycles. The first-order valence-corrected chi connectivity index (χ1v) is 8.56. The van der Waals surface area contributed by atoms with Crippen molar-refractivity contribution < 1.29 is 34.2 Å². The van der Waals surface area contributed by atoms with Gasteiger partial charge >= 0.3 is 5.97 Å². The quantitative estimate of drug-likeness (QED) is 0.149. The molecule has 0 aliphatic rings. The van der Waals surface area contributed by atoms with Crippen LogP contribution in [0.5, 0.6) is 0 Å². The zero-order valence-electron chi connectivity index (χ0n) is 14.7. The van der Waals surface area contributed by atoms with E-state index in [1.54, 1.807) is 0 Å². The number of hydrogen-bond acceptors (Lipinski definition) is 8. The second kappa shape index (κ2) is 12.1. The van der Waals surface area contributed by atoms with Gasteiger partial charge in [0.2, 0.25) is 23.6 Å². The first-order valence-electron chi connectivity index (χ1n) is 7.93. The van der Waals surface area contributed by atoms with Gasteiger partial charge in [-0.1, -0.05) is 0 Å². The van der Waals surface area contributed by atoms with Crippen LogP contribution in [0.25, 0.3) is 0 Å². The molecule has 0 rings (SSSR count). The number of aliphatic carboxylic acids is 1. The van der Waals surface area contributed by atoms with Gasteiger partial charge in [0.25, 0.3) is 0 Å². The molecule has 9 N–H and O–H groups in total. The number of carboxylic acids is 1. The third kappa shape index (κ3) is 9.21. The van der Waals surface area contributed by atoms with Crippen LogP contribution in [0, 0.1) is 0 Å². The minimum Gasteiger partial charge on any atom is -0.480 e. The van der Waals surface area contributed by atoms with Crippen molar-refractivity contribution >= 4 is 42.2 Å². The lowest BCUT2D eigenvalue weighted by Gasteiger charge is -2.22. The molecule has 12 nitrogen and oxygen atoms in total. The number of carboxylic acid groups (broad SMARTS) is 1. The molecule has 0 aromatic rings. The largest absolute Gasteiger partial charge is 0.480 e. The molecule has 4 unspecified atom stereocenters. The van der Waals surface area contributed by atoms with Crippen LogP contribution in [0.4, 0.5) is 0 Å². The van der Waals surface area contributed by atoms with Crippen molar-refractivity contribution in [3.05, 3.63) is 0 Å². The van der Waals surface area contributed by atoms with E-state index in [9.17, 15) is 29.1 Å². The van der Waals surface area contributed by atoms with E-state index in [0.717, 1.165) is 0 Å². The summed E-state index contributed by atoms with van der Waals surface area (Å²) >= 11 is 3.80. The zero-order valence-corrected chi connectivity index (χ0v) is 15.6. The topological polar surface area (TPSA) is 214 Å². The third-order valence-corrected chi connectivity index (χ3v) is 3.77. The van der Waals surface area contributed by atoms with Gasteiger partial charge in [0, 0.05) is 12.2 Å². The van der Waals surface area contributed by atoms with Gasteiger partial charge in [0.05, 0.1) is 12.6 Å². The number of thiol groups is 1. The Morgan fingerprint density at radius 3 is 2.00 bits per heavy atom. The summed E-state index contributed by atoms with van der Waals surface area (Å²) in [5, 5.41) is 24.7. The molecule has 27 heavy (non-hydrogen) atoms. The van der Waals surface area contributed by atoms with E-state index in [0.29, 0.717) is 0 Å². The van der Waals surface area contributed by atoms with Crippen LogP contribution in [0.1, 0.15) is 19.8 Å². The molecule has 4 amide bonds. The SMILES string of the molecule is CC(NC(=O)C(CO)NC(=O)C(N)CCC(N)=O)C(=O)NC(CS)C(=O)O. The van der Waals surface area contributed by atoms with Gasteiger partial charge in [-0.05, 0) is 13.3 Å². The maximum Gasteiger partial charge on any atom is 0.327 e. The van der Waals surface area contributed by atoms with Crippen LogP contribution in [-0.2, 0) is 24.0 Å². The molecular formula is C14H25N5O7S. The molecule has 0 bridgehead atoms. The van der Waals surface area contributed by atoms with Crippen LogP contribution in [-0.4, -0.2) is 76.3 Å². The Labute approximate surface area is 160 Å². The fourth-order valence-corrected chi connectivity index (χ4v) is 2.01. The normalized spacial score (nSPS) is 15.0. The third-order valence-electron chi connectivity index (χ3n) is 3.40. The number of amides is 4. The van der Waals surface area contributed by atoms with Crippen molar-refractivity contribution in [2.24, 2.45) is 11.5 Å². The Hall–Kier alpha value is -2.38. The van der Waals surface area contributed by atoms with Gasteiger partial charge in [-0.15, -0.1) is 0 Å². The van der Waals surface area contributed by atoms with Crippen LogP contribution in [0.15, 0.2) is 0 Å². The predicted molar refractivity (Wildman–Crippen MR) is 96.4 cm³/mol. The van der Waals surface area contributed by atoms with E-state index in [2.05, 4.69) is 28.6 Å². The Kier molecular flexibility index (Phi) is 11.0. The Morgan fingerprint density at radius 2 is 1.56 bits per heavy atom. The highest BCUT2D eigenvalue weighted by atomic mass is 32.1. The first kappa shape index (κ1) is 24.6. The van der Waals surface area contributed by atoms with Crippen LogP contribution >= 0.6 is 12.6 Å². The van der Waals surface area contributed by atoms with Gasteiger partial charge in [-0.2, -0.15) is 12.6 Å². The van der Waals surface area contributed by atoms with Gasteiger partial charge in [0.1, 0.15) is 18.1 Å². The lowest BCUT2D eigenvalue weighted by atomic mass is 10.1. The molecule has 154 valence electrons. The summed E-state index contributed by atoms with van der Waals surface area (Å²) in [6.45, 7) is 0.516. The van der Waals surface area contributed by atoms with Crippen molar-refractivity contribution in [3.8, 4) is 0 Å². The van der Waals surface area contributed by atoms with Crippen molar-refractivity contribution in [2.45, 2.75) is 43.9 Å². The molecule has 0 aromatic heterocycles. The lowest BCUT2D eigenvalue weighted by molar-refractivity contribution is -0.141. The van der Waals surface area contributed by atoms with E-state index >= 15 is 0 Å². The molecule has 0 aliphatic carbocycles. The van der Waals surface area contributed by atoms with E-state index in [4.69, 9.17) is 16.6 Å². The smallest absolute Gasteiger partial charge is 0.327 e. The summed E-state index contributed by atoms with van der Waals surface area (Å²) in [6.07, 6.45) is -0.169. The molecule has 13 heteroatoms. The van der Waals surface area contributed by atoms with Gasteiger partial charge < -0.3 is 37.6 Å². The molecule has 0 saturated heterocycles. The Morgan fingerprint density at radius 1 is 1.00 bits per heavy atom. The zero-order chi connectivity index (χ0) is 21.1. The molecule has 4 atom stereocenters. The fraction of sp³-hybridized carbons (Fsp3) is 0.643. The number of aliphatic hydroxyl groups is 1. The number of hydrogen-bond donors (Lipinski definition) is 8. The highest BCUT2D eigenvalue weighted by molar-refractivity contribution is 7.80. The summed E-state index contributed by atoms with van der Waals surface area (Å²) in [7, 11) is 0. The Balaban J connectivity index is 4.69. The Bertz CT molecular complexity index is 574. The average Bonchev–Trinajstić information content (AvgIpc) is 2.60. The fourth-order valence-electron chi connectivity index (χ4n) is 1.76. The number of primary amides is 1. The van der Waals surface area contributed by atoms with Crippen molar-refractivity contribution in [3.63, 3.8) is 0 Å². The van der Waals surface area contributed by atoms with Gasteiger partial charge in [0.15, 0.2) is 0 Å². The van der Waals surface area contributed by atoms with Crippen molar-refractivity contribution in [2.75, 3.05) is 12.4 Å². The molecule has 0 fully saturated rings. The minimum atomic E-state index is -1.40. The molecule has 0 saturated carbocycles. The van der Waals surface area contributed by atoms with Crippen molar-refractivity contribution in [1.29, 1.82) is 0 Å². The highest BCUT2D eigenvalue weighted by Gasteiger charge is 2.27. The number of nitrogens with two attached hydrogens (primary N) is 2. The number of carbonyl (C=O) groups is 5. The van der Waals surface area contributed by atoms with E-state index in [1.165, 1.54) is 6.92 Å². The number of carbonyl (C=O) groups excluding carboxylic acids is 4. The minimum absolute atomic E-state index is 0.0416. The monoisotopic (exact) mass is 407 g/mol. The van der Waals surface area contributed by atoms with Crippen LogP contribution in [0.2, 0.25) is 0 Å².